The predicted molar refractivity (Wildman–Crippen MR) is 165 cm³/mol. The van der Waals surface area contributed by atoms with Crippen LogP contribution in [0.2, 0.25) is 0 Å². The third-order valence-corrected chi connectivity index (χ3v) is 12.0. The van der Waals surface area contributed by atoms with Crippen molar-refractivity contribution in [1.29, 1.82) is 0 Å². The van der Waals surface area contributed by atoms with Gasteiger partial charge in [-0.2, -0.15) is 0 Å². The van der Waals surface area contributed by atoms with E-state index in [0.29, 0.717) is 5.56 Å². The summed E-state index contributed by atoms with van der Waals surface area (Å²) in [6.45, 7) is 0. The molecule has 0 radical (unpaired) electrons. The van der Waals surface area contributed by atoms with Gasteiger partial charge >= 0.3 is 0 Å². The quantitative estimate of drug-likeness (QED) is 0.313. The second-order valence-electron chi connectivity index (χ2n) is 9.56. The molecule has 0 saturated heterocycles. The zero-order chi connectivity index (χ0) is 29.5. The van der Waals surface area contributed by atoms with Gasteiger partial charge in [0.25, 0.3) is 5.56 Å². The molecular formula is C32H24N2O5S3. The minimum atomic E-state index is -4.39. The topological polar surface area (TPSA) is 116 Å². The van der Waals surface area contributed by atoms with Crippen LogP contribution in [0.1, 0.15) is 17.0 Å². The lowest BCUT2D eigenvalue weighted by molar-refractivity contribution is 0.598. The summed E-state index contributed by atoms with van der Waals surface area (Å²) in [5.41, 5.74) is 7.16. The van der Waals surface area contributed by atoms with E-state index in [2.05, 4.69) is 0 Å². The number of sulfone groups is 2. The fraction of sp³-hybridized carbons (Fsp3) is 0.0312. The molecule has 0 aliphatic carbocycles. The van der Waals surface area contributed by atoms with E-state index in [1.54, 1.807) is 72.8 Å². The summed E-state index contributed by atoms with van der Waals surface area (Å²) in [4.78, 5) is 13.2. The van der Waals surface area contributed by atoms with E-state index in [1.165, 1.54) is 24.3 Å². The average Bonchev–Trinajstić information content (AvgIpc) is 3.33. The highest BCUT2D eigenvalue weighted by Gasteiger charge is 2.44. The summed E-state index contributed by atoms with van der Waals surface area (Å²) in [5.74, 6) is -1.65. The average molecular weight is 613 g/mol. The Hall–Kier alpha value is -4.51. The molecule has 1 aromatic heterocycles. The third-order valence-electron chi connectivity index (χ3n) is 6.97. The summed E-state index contributed by atoms with van der Waals surface area (Å²) in [6.07, 6.45) is 1.64. The van der Waals surface area contributed by atoms with Crippen LogP contribution in [-0.2, 0) is 19.7 Å². The number of hydrogen-bond acceptors (Lipinski definition) is 7. The van der Waals surface area contributed by atoms with E-state index in [9.17, 15) is 21.6 Å². The Bertz CT molecular complexity index is 2220. The second-order valence-corrected chi connectivity index (χ2v) is 14.4. The Labute approximate surface area is 246 Å². The van der Waals surface area contributed by atoms with Crippen LogP contribution in [0, 0.1) is 0 Å². The summed E-state index contributed by atoms with van der Waals surface area (Å²) >= 11 is 0.967. The lowest BCUT2D eigenvalue weighted by Crippen LogP contribution is -2.41. The fourth-order valence-electron chi connectivity index (χ4n) is 5.03. The lowest BCUT2D eigenvalue weighted by Gasteiger charge is -2.28. The maximum Gasteiger partial charge on any atom is 0.274 e. The van der Waals surface area contributed by atoms with Crippen molar-refractivity contribution in [2.45, 2.75) is 15.7 Å². The smallest absolute Gasteiger partial charge is 0.274 e. The Kier molecular flexibility index (Phi) is 7.05. The van der Waals surface area contributed by atoms with Crippen LogP contribution in [0.25, 0.3) is 16.8 Å². The van der Waals surface area contributed by atoms with Crippen LogP contribution in [0.15, 0.2) is 141 Å². The first kappa shape index (κ1) is 27.6. The zero-order valence-electron chi connectivity index (χ0n) is 22.0. The number of benzene rings is 4. The van der Waals surface area contributed by atoms with Gasteiger partial charge in [0.2, 0.25) is 19.7 Å². The summed E-state index contributed by atoms with van der Waals surface area (Å²) in [7, 11) is -8.74. The van der Waals surface area contributed by atoms with Crippen LogP contribution in [-0.4, -0.2) is 21.4 Å². The van der Waals surface area contributed by atoms with Gasteiger partial charge in [-0.15, -0.1) is 11.3 Å². The number of thiazole rings is 1. The first-order chi connectivity index (χ1) is 20.2. The minimum absolute atomic E-state index is 0.0288. The van der Waals surface area contributed by atoms with Crippen LogP contribution < -0.4 is 20.5 Å². The van der Waals surface area contributed by atoms with Gasteiger partial charge in [-0.3, -0.25) is 9.36 Å². The van der Waals surface area contributed by atoms with Crippen molar-refractivity contribution in [3.63, 3.8) is 0 Å². The molecule has 2 heterocycles. The molecule has 7 nitrogen and oxygen atoms in total. The van der Waals surface area contributed by atoms with Crippen LogP contribution >= 0.6 is 11.3 Å². The zero-order valence-corrected chi connectivity index (χ0v) is 24.4. The maximum atomic E-state index is 14.5. The highest BCUT2D eigenvalue weighted by atomic mass is 32.2. The number of fused-ring (bicyclic) bond motifs is 1. The van der Waals surface area contributed by atoms with Crippen molar-refractivity contribution >= 4 is 47.8 Å². The Balaban J connectivity index is 1.81. The van der Waals surface area contributed by atoms with E-state index in [0.717, 1.165) is 21.5 Å². The molecule has 1 aliphatic heterocycles. The Morgan fingerprint density at radius 2 is 1.10 bits per heavy atom. The number of hydrogen-bond donors (Lipinski definition) is 1. The molecule has 210 valence electrons. The molecular weight excluding hydrogens is 589 g/mol. The van der Waals surface area contributed by atoms with Crippen LogP contribution in [0.5, 0.6) is 0 Å². The number of nitrogens with two attached hydrogens (primary N) is 1. The number of nitrogens with zero attached hydrogens (tertiary/aromatic N) is 1. The largest absolute Gasteiger partial charge is 0.384 e. The van der Waals surface area contributed by atoms with Crippen LogP contribution in [0.3, 0.4) is 0 Å². The van der Waals surface area contributed by atoms with Gasteiger partial charge in [0.15, 0.2) is 0 Å². The molecule has 0 saturated carbocycles. The first-order valence-corrected chi connectivity index (χ1v) is 16.7. The van der Waals surface area contributed by atoms with Gasteiger partial charge in [-0.05, 0) is 41.5 Å². The molecule has 1 aliphatic rings. The lowest BCUT2D eigenvalue weighted by atomic mass is 9.97. The van der Waals surface area contributed by atoms with Crippen molar-refractivity contribution in [2.75, 3.05) is 0 Å². The molecule has 4 aromatic carbocycles. The van der Waals surface area contributed by atoms with E-state index in [1.807, 2.05) is 30.3 Å². The number of aromatic nitrogens is 1. The van der Waals surface area contributed by atoms with Crippen molar-refractivity contribution < 1.29 is 16.8 Å². The van der Waals surface area contributed by atoms with Crippen molar-refractivity contribution in [3.05, 3.63) is 157 Å². The molecule has 0 bridgehead atoms. The molecule has 0 spiro atoms. The van der Waals surface area contributed by atoms with Crippen molar-refractivity contribution in [1.82, 2.24) is 4.57 Å². The molecule has 0 unspecified atom stereocenters. The standard InChI is InChI=1S/C32H24N2O5S3/c33-30-28(41(36,37)24-17-9-3-10-18-24)27(23-15-7-2-8-16-23)29(42(38,39)25-19-11-4-12-20-25)32-34(30)31(35)26(40-32)21-22-13-5-1-6-14-22/h1-21,27H,33H2/b26-21-/t27-/m1/s1. The van der Waals surface area contributed by atoms with Gasteiger partial charge in [-0.25, -0.2) is 16.8 Å². The van der Waals surface area contributed by atoms with E-state index in [4.69, 9.17) is 5.73 Å². The van der Waals surface area contributed by atoms with Gasteiger partial charge < -0.3 is 5.73 Å². The molecule has 2 N–H and O–H groups in total. The second kappa shape index (κ2) is 10.7. The first-order valence-electron chi connectivity index (χ1n) is 12.9. The van der Waals surface area contributed by atoms with Gasteiger partial charge in [0.05, 0.1) is 25.1 Å². The monoisotopic (exact) mass is 612 g/mol. The minimum Gasteiger partial charge on any atom is -0.384 e. The predicted octanol–water partition coefficient (Wildman–Crippen LogP) is 3.68. The normalized spacial score (nSPS) is 16.0. The van der Waals surface area contributed by atoms with E-state index >= 15 is 0 Å². The molecule has 6 rings (SSSR count). The summed E-state index contributed by atoms with van der Waals surface area (Å²) in [5, 5.41) is 0. The number of allylic oxidation sites excluding steroid dienone is 1. The molecule has 1 atom stereocenters. The molecule has 10 heteroatoms. The van der Waals surface area contributed by atoms with Gasteiger partial charge in [0, 0.05) is 0 Å². The number of rotatable bonds is 6. The molecule has 5 aromatic rings. The molecule has 0 fully saturated rings. The van der Waals surface area contributed by atoms with Crippen molar-refractivity contribution in [3.8, 4) is 0 Å². The van der Waals surface area contributed by atoms with Crippen LogP contribution in [0.4, 0.5) is 0 Å². The Morgan fingerprint density at radius 3 is 1.62 bits per heavy atom. The Morgan fingerprint density at radius 1 is 0.643 bits per heavy atom. The van der Waals surface area contributed by atoms with Gasteiger partial charge in [0.1, 0.15) is 15.4 Å². The summed E-state index contributed by atoms with van der Waals surface area (Å²) < 4.78 is 59.0. The van der Waals surface area contributed by atoms with E-state index < -0.39 is 31.2 Å². The third kappa shape index (κ3) is 4.63. The highest BCUT2D eigenvalue weighted by Crippen LogP contribution is 2.45. The maximum absolute atomic E-state index is 14.5. The SMILES string of the molecule is NC1=C(S(=O)(=O)c2ccccc2)[C@@H](c2ccccc2)C(S(=O)(=O)c2ccccc2)=c2s/c(=C\c3ccccc3)c(=O)n21. The van der Waals surface area contributed by atoms with Crippen molar-refractivity contribution in [2.24, 2.45) is 5.73 Å². The molecule has 42 heavy (non-hydrogen) atoms. The fourth-order valence-corrected chi connectivity index (χ4v) is 9.99. The molecule has 0 amide bonds. The summed E-state index contributed by atoms with van der Waals surface area (Å²) in [6, 6.07) is 33.0. The van der Waals surface area contributed by atoms with Gasteiger partial charge in [-0.1, -0.05) is 97.1 Å². The van der Waals surface area contributed by atoms with E-state index in [-0.39, 0.29) is 34.6 Å². The highest BCUT2D eigenvalue weighted by molar-refractivity contribution is 8.00.